The van der Waals surface area contributed by atoms with Crippen molar-refractivity contribution < 1.29 is 9.47 Å². The lowest BCUT2D eigenvalue weighted by molar-refractivity contribution is -0.0923. The molecule has 3 heteroatoms. The number of hydrogen-bond donors (Lipinski definition) is 1. The molecule has 2 fully saturated rings. The minimum absolute atomic E-state index is 0.222. The van der Waals surface area contributed by atoms with Crippen molar-refractivity contribution in [3.63, 3.8) is 0 Å². The molecule has 1 saturated heterocycles. The van der Waals surface area contributed by atoms with E-state index < -0.39 is 0 Å². The molecule has 19 heavy (non-hydrogen) atoms. The maximum atomic E-state index is 5.83. The quantitative estimate of drug-likeness (QED) is 0.902. The average Bonchev–Trinajstić information content (AvgIpc) is 2.85. The van der Waals surface area contributed by atoms with E-state index in [0.717, 1.165) is 12.4 Å². The number of hydrogen-bond acceptors (Lipinski definition) is 3. The highest BCUT2D eigenvalue weighted by Crippen LogP contribution is 2.53. The highest BCUT2D eigenvalue weighted by molar-refractivity contribution is 5.48. The molecule has 3 atom stereocenters. The third-order valence-corrected chi connectivity index (χ3v) is 4.59. The zero-order valence-electron chi connectivity index (χ0n) is 12.0. The van der Waals surface area contributed by atoms with Crippen molar-refractivity contribution in [2.24, 2.45) is 11.3 Å². The second kappa shape index (κ2) is 4.71. The van der Waals surface area contributed by atoms with E-state index in [-0.39, 0.29) is 5.41 Å². The summed E-state index contributed by atoms with van der Waals surface area (Å²) in [5, 5.41) is 3.67. The second-order valence-corrected chi connectivity index (χ2v) is 6.14. The van der Waals surface area contributed by atoms with Crippen LogP contribution in [-0.2, 0) is 4.74 Å². The fourth-order valence-electron chi connectivity index (χ4n) is 3.61. The van der Waals surface area contributed by atoms with Crippen LogP contribution in [0.3, 0.4) is 0 Å². The fourth-order valence-corrected chi connectivity index (χ4v) is 3.61. The van der Waals surface area contributed by atoms with Crippen LogP contribution in [0.25, 0.3) is 0 Å². The van der Waals surface area contributed by atoms with Gasteiger partial charge in [0.2, 0.25) is 0 Å². The predicted molar refractivity (Wildman–Crippen MR) is 76.6 cm³/mol. The lowest BCUT2D eigenvalue weighted by Gasteiger charge is -2.55. The van der Waals surface area contributed by atoms with Gasteiger partial charge in [-0.1, -0.05) is 13.8 Å². The van der Waals surface area contributed by atoms with Crippen LogP contribution in [0.2, 0.25) is 0 Å². The van der Waals surface area contributed by atoms with Gasteiger partial charge in [0.1, 0.15) is 5.75 Å². The molecule has 3 rings (SSSR count). The van der Waals surface area contributed by atoms with Gasteiger partial charge in [0, 0.05) is 29.7 Å². The van der Waals surface area contributed by atoms with Gasteiger partial charge in [-0.2, -0.15) is 0 Å². The first-order valence-electron chi connectivity index (χ1n) is 7.24. The SMILES string of the molecule is CCOc1ccc(NC2C3CCOC3C2(C)C)cc1. The minimum Gasteiger partial charge on any atom is -0.494 e. The third kappa shape index (κ3) is 2.10. The number of nitrogens with one attached hydrogen (secondary N) is 1. The first-order valence-corrected chi connectivity index (χ1v) is 7.24. The van der Waals surface area contributed by atoms with Gasteiger partial charge in [0.05, 0.1) is 12.7 Å². The van der Waals surface area contributed by atoms with Gasteiger partial charge in [0.25, 0.3) is 0 Å². The van der Waals surface area contributed by atoms with Crippen LogP contribution in [-0.4, -0.2) is 25.4 Å². The smallest absolute Gasteiger partial charge is 0.119 e. The molecular weight excluding hydrogens is 238 g/mol. The number of ether oxygens (including phenoxy) is 2. The molecule has 1 aromatic rings. The first kappa shape index (κ1) is 12.8. The largest absolute Gasteiger partial charge is 0.494 e. The van der Waals surface area contributed by atoms with Crippen molar-refractivity contribution >= 4 is 5.69 Å². The van der Waals surface area contributed by atoms with E-state index in [0.29, 0.717) is 24.7 Å². The van der Waals surface area contributed by atoms with E-state index in [1.54, 1.807) is 0 Å². The van der Waals surface area contributed by atoms with Gasteiger partial charge in [-0.05, 0) is 37.6 Å². The van der Waals surface area contributed by atoms with E-state index >= 15 is 0 Å². The Kier molecular flexibility index (Phi) is 3.17. The number of rotatable bonds is 4. The van der Waals surface area contributed by atoms with Crippen LogP contribution >= 0.6 is 0 Å². The van der Waals surface area contributed by atoms with Gasteiger partial charge < -0.3 is 14.8 Å². The summed E-state index contributed by atoms with van der Waals surface area (Å²) in [5.41, 5.74) is 1.40. The van der Waals surface area contributed by atoms with Crippen LogP contribution in [0, 0.1) is 11.3 Å². The molecule has 1 N–H and O–H groups in total. The molecule has 1 aliphatic heterocycles. The van der Waals surface area contributed by atoms with E-state index in [1.807, 2.05) is 19.1 Å². The molecule has 0 bridgehead atoms. The Morgan fingerprint density at radius 2 is 2.05 bits per heavy atom. The molecule has 1 heterocycles. The highest BCUT2D eigenvalue weighted by atomic mass is 16.5. The molecule has 104 valence electrons. The van der Waals surface area contributed by atoms with Crippen molar-refractivity contribution in [1.29, 1.82) is 0 Å². The molecule has 0 radical (unpaired) electrons. The molecule has 3 nitrogen and oxygen atoms in total. The number of anilines is 1. The Bertz CT molecular complexity index is 441. The number of benzene rings is 1. The predicted octanol–water partition coefficient (Wildman–Crippen LogP) is 3.31. The summed E-state index contributed by atoms with van der Waals surface area (Å²) in [6.07, 6.45) is 1.62. The maximum Gasteiger partial charge on any atom is 0.119 e. The molecule has 0 amide bonds. The van der Waals surface area contributed by atoms with Crippen LogP contribution in [0.15, 0.2) is 24.3 Å². The molecule has 1 saturated carbocycles. The molecule has 2 aliphatic rings. The second-order valence-electron chi connectivity index (χ2n) is 6.14. The van der Waals surface area contributed by atoms with Crippen LogP contribution in [0.4, 0.5) is 5.69 Å². The standard InChI is InChI=1S/C16H23NO2/c1-4-18-12-7-5-11(6-8-12)17-14-13-9-10-19-15(13)16(14,2)3/h5-8,13-15,17H,4,9-10H2,1-3H3. The highest BCUT2D eigenvalue weighted by Gasteiger charge is 2.59. The van der Waals surface area contributed by atoms with Gasteiger partial charge in [0.15, 0.2) is 0 Å². The summed E-state index contributed by atoms with van der Waals surface area (Å²) >= 11 is 0. The Labute approximate surface area is 115 Å². The Morgan fingerprint density at radius 1 is 1.32 bits per heavy atom. The summed E-state index contributed by atoms with van der Waals surface area (Å²) in [6, 6.07) is 8.77. The normalized spacial score (nSPS) is 31.4. The molecule has 0 aromatic heterocycles. The molecule has 1 aliphatic carbocycles. The van der Waals surface area contributed by atoms with Crippen LogP contribution in [0.5, 0.6) is 5.75 Å². The summed E-state index contributed by atoms with van der Waals surface area (Å²) in [6.45, 7) is 8.23. The van der Waals surface area contributed by atoms with Crippen LogP contribution < -0.4 is 10.1 Å². The van der Waals surface area contributed by atoms with E-state index in [9.17, 15) is 0 Å². The van der Waals surface area contributed by atoms with Crippen molar-refractivity contribution in [3.8, 4) is 5.75 Å². The summed E-state index contributed by atoms with van der Waals surface area (Å²) in [7, 11) is 0. The fraction of sp³-hybridized carbons (Fsp3) is 0.625. The Balaban J connectivity index is 1.68. The van der Waals surface area contributed by atoms with E-state index in [2.05, 4.69) is 31.3 Å². The monoisotopic (exact) mass is 261 g/mol. The van der Waals surface area contributed by atoms with Crippen molar-refractivity contribution in [1.82, 2.24) is 0 Å². The van der Waals surface area contributed by atoms with Crippen LogP contribution in [0.1, 0.15) is 27.2 Å². The Morgan fingerprint density at radius 3 is 2.74 bits per heavy atom. The molecular formula is C16H23NO2. The lowest BCUT2D eigenvalue weighted by Crippen LogP contribution is -2.63. The van der Waals surface area contributed by atoms with Gasteiger partial charge in [-0.25, -0.2) is 0 Å². The molecule has 0 spiro atoms. The number of fused-ring (bicyclic) bond motifs is 1. The minimum atomic E-state index is 0.222. The summed E-state index contributed by atoms with van der Waals surface area (Å²) in [4.78, 5) is 0. The average molecular weight is 261 g/mol. The van der Waals surface area contributed by atoms with Gasteiger partial charge in [-0.15, -0.1) is 0 Å². The van der Waals surface area contributed by atoms with Gasteiger partial charge in [-0.3, -0.25) is 0 Å². The van der Waals surface area contributed by atoms with Gasteiger partial charge >= 0.3 is 0 Å². The zero-order chi connectivity index (χ0) is 13.5. The zero-order valence-corrected chi connectivity index (χ0v) is 12.0. The molecule has 3 unspecified atom stereocenters. The lowest BCUT2D eigenvalue weighted by atomic mass is 9.57. The topological polar surface area (TPSA) is 30.5 Å². The maximum absolute atomic E-state index is 5.83. The third-order valence-electron chi connectivity index (χ3n) is 4.59. The summed E-state index contributed by atoms with van der Waals surface area (Å²) in [5.74, 6) is 1.60. The van der Waals surface area contributed by atoms with E-state index in [1.165, 1.54) is 12.1 Å². The summed E-state index contributed by atoms with van der Waals surface area (Å²) < 4.78 is 11.3. The van der Waals surface area contributed by atoms with E-state index in [4.69, 9.17) is 9.47 Å². The van der Waals surface area contributed by atoms with Crippen molar-refractivity contribution in [3.05, 3.63) is 24.3 Å². The Hall–Kier alpha value is -1.22. The first-order chi connectivity index (χ1) is 9.13. The molecule has 1 aromatic carbocycles. The van der Waals surface area contributed by atoms with Crippen molar-refractivity contribution in [2.75, 3.05) is 18.5 Å². The van der Waals surface area contributed by atoms with Crippen molar-refractivity contribution in [2.45, 2.75) is 39.3 Å².